The molecule has 4 heteroatoms. The Balaban J connectivity index is 1.71. The Bertz CT molecular complexity index is 351. The minimum absolute atomic E-state index is 0.0295. The first-order valence-electron chi connectivity index (χ1n) is 6.82. The number of hydrogen-bond acceptors (Lipinski definition) is 3. The smallest absolute Gasteiger partial charge is 0.242 e. The van der Waals surface area contributed by atoms with Crippen LogP contribution in [-0.2, 0) is 9.53 Å². The zero-order valence-corrected chi connectivity index (χ0v) is 11.3. The van der Waals surface area contributed by atoms with Crippen LogP contribution in [-0.4, -0.2) is 37.6 Å². The van der Waals surface area contributed by atoms with Crippen LogP contribution in [0, 0.1) is 28.6 Å². The van der Waals surface area contributed by atoms with Gasteiger partial charge in [0.05, 0.1) is 12.7 Å². The summed E-state index contributed by atoms with van der Waals surface area (Å²) in [5, 5.41) is 9.20. The summed E-state index contributed by atoms with van der Waals surface area (Å²) in [7, 11) is 1.77. The predicted molar refractivity (Wildman–Crippen MR) is 67.6 cm³/mol. The molecule has 18 heavy (non-hydrogen) atoms. The topological polar surface area (TPSA) is 53.3 Å². The molecule has 2 rings (SSSR count). The Morgan fingerprint density at radius 3 is 2.67 bits per heavy atom. The van der Waals surface area contributed by atoms with Gasteiger partial charge in [-0.1, -0.05) is 6.92 Å². The van der Waals surface area contributed by atoms with Gasteiger partial charge >= 0.3 is 0 Å². The molecule has 0 bridgehead atoms. The van der Waals surface area contributed by atoms with E-state index in [4.69, 9.17) is 4.74 Å². The Hall–Kier alpha value is -1.08. The fourth-order valence-corrected chi connectivity index (χ4v) is 2.65. The van der Waals surface area contributed by atoms with Crippen molar-refractivity contribution in [2.24, 2.45) is 17.3 Å². The lowest BCUT2D eigenvalue weighted by molar-refractivity contribution is -0.144. The molecule has 100 valence electrons. The fraction of sp³-hybridized carbons (Fsp3) is 0.857. The Morgan fingerprint density at radius 2 is 2.17 bits per heavy atom. The maximum Gasteiger partial charge on any atom is 0.242 e. The van der Waals surface area contributed by atoms with Crippen molar-refractivity contribution in [3.63, 3.8) is 0 Å². The SMILES string of the molecule is CC1CC(C#N)(C(=O)N(C)CCOCC2CC2)C1. The second-order valence-corrected chi connectivity index (χ2v) is 5.95. The minimum atomic E-state index is -0.745. The van der Waals surface area contributed by atoms with E-state index in [2.05, 4.69) is 13.0 Å². The van der Waals surface area contributed by atoms with Crippen molar-refractivity contribution < 1.29 is 9.53 Å². The normalized spacial score (nSPS) is 30.4. The van der Waals surface area contributed by atoms with Gasteiger partial charge in [0.15, 0.2) is 0 Å². The number of nitriles is 1. The second kappa shape index (κ2) is 5.27. The zero-order valence-electron chi connectivity index (χ0n) is 11.3. The highest BCUT2D eigenvalue weighted by molar-refractivity contribution is 5.86. The van der Waals surface area contributed by atoms with Gasteiger partial charge in [0.1, 0.15) is 5.41 Å². The van der Waals surface area contributed by atoms with Crippen LogP contribution in [0.25, 0.3) is 0 Å². The number of carbonyl (C=O) groups is 1. The maximum absolute atomic E-state index is 12.2. The van der Waals surface area contributed by atoms with E-state index < -0.39 is 5.41 Å². The monoisotopic (exact) mass is 250 g/mol. The molecule has 0 spiro atoms. The number of likely N-dealkylation sites (N-methyl/N-ethyl adjacent to an activating group) is 1. The van der Waals surface area contributed by atoms with Crippen LogP contribution in [0.3, 0.4) is 0 Å². The largest absolute Gasteiger partial charge is 0.379 e. The maximum atomic E-state index is 12.2. The first-order valence-corrected chi connectivity index (χ1v) is 6.82. The number of nitrogens with zero attached hydrogens (tertiary/aromatic N) is 2. The third-order valence-electron chi connectivity index (χ3n) is 3.99. The van der Waals surface area contributed by atoms with Gasteiger partial charge in [-0.05, 0) is 37.5 Å². The van der Waals surface area contributed by atoms with Gasteiger partial charge < -0.3 is 9.64 Å². The van der Waals surface area contributed by atoms with Crippen LogP contribution in [0.5, 0.6) is 0 Å². The van der Waals surface area contributed by atoms with E-state index in [1.807, 2.05) is 0 Å². The van der Waals surface area contributed by atoms with E-state index in [9.17, 15) is 10.1 Å². The van der Waals surface area contributed by atoms with Crippen molar-refractivity contribution in [2.75, 3.05) is 26.8 Å². The van der Waals surface area contributed by atoms with Gasteiger partial charge in [-0.3, -0.25) is 4.79 Å². The molecule has 0 saturated heterocycles. The molecule has 0 unspecified atom stereocenters. The highest BCUT2D eigenvalue weighted by atomic mass is 16.5. The summed E-state index contributed by atoms with van der Waals surface area (Å²) in [4.78, 5) is 13.9. The van der Waals surface area contributed by atoms with Gasteiger partial charge in [0, 0.05) is 20.2 Å². The van der Waals surface area contributed by atoms with Crippen LogP contribution < -0.4 is 0 Å². The van der Waals surface area contributed by atoms with Crippen LogP contribution in [0.15, 0.2) is 0 Å². The quantitative estimate of drug-likeness (QED) is 0.676. The third-order valence-corrected chi connectivity index (χ3v) is 3.99. The number of rotatable bonds is 6. The molecule has 0 atom stereocenters. The highest BCUT2D eigenvalue weighted by Crippen LogP contribution is 2.46. The molecule has 1 amide bonds. The van der Waals surface area contributed by atoms with Crippen LogP contribution in [0.1, 0.15) is 32.6 Å². The molecule has 0 heterocycles. The summed E-state index contributed by atoms with van der Waals surface area (Å²) in [5.41, 5.74) is -0.745. The molecule has 0 aromatic rings. The number of amides is 1. The standard InChI is InChI=1S/C14H22N2O2/c1-11-7-14(8-11,10-15)13(17)16(2)5-6-18-9-12-3-4-12/h11-12H,3-9H2,1-2H3. The number of carbonyl (C=O) groups excluding carboxylic acids is 1. The lowest BCUT2D eigenvalue weighted by Crippen LogP contribution is -2.49. The molecule has 2 saturated carbocycles. The van der Waals surface area contributed by atoms with E-state index in [-0.39, 0.29) is 5.91 Å². The van der Waals surface area contributed by atoms with E-state index >= 15 is 0 Å². The molecule has 2 fully saturated rings. The van der Waals surface area contributed by atoms with Crippen molar-refractivity contribution >= 4 is 5.91 Å². The molecule has 0 aromatic carbocycles. The zero-order chi connectivity index (χ0) is 13.2. The van der Waals surface area contributed by atoms with E-state index in [1.54, 1.807) is 11.9 Å². The van der Waals surface area contributed by atoms with Crippen molar-refractivity contribution in [1.82, 2.24) is 4.90 Å². The Labute approximate surface area is 109 Å². The van der Waals surface area contributed by atoms with E-state index in [0.717, 1.165) is 12.5 Å². The molecular weight excluding hydrogens is 228 g/mol. The molecule has 2 aliphatic carbocycles. The summed E-state index contributed by atoms with van der Waals surface area (Å²) in [5.74, 6) is 1.22. The third kappa shape index (κ3) is 2.84. The molecule has 4 nitrogen and oxygen atoms in total. The van der Waals surface area contributed by atoms with E-state index in [0.29, 0.717) is 31.9 Å². The Morgan fingerprint density at radius 1 is 1.50 bits per heavy atom. The van der Waals surface area contributed by atoms with Crippen molar-refractivity contribution in [1.29, 1.82) is 5.26 Å². The number of hydrogen-bond donors (Lipinski definition) is 0. The van der Waals surface area contributed by atoms with Gasteiger partial charge in [0.25, 0.3) is 0 Å². The average molecular weight is 250 g/mol. The lowest BCUT2D eigenvalue weighted by atomic mass is 9.63. The predicted octanol–water partition coefficient (Wildman–Crippen LogP) is 1.81. The second-order valence-electron chi connectivity index (χ2n) is 5.95. The summed E-state index contributed by atoms with van der Waals surface area (Å²) >= 11 is 0. The van der Waals surface area contributed by atoms with Crippen molar-refractivity contribution in [3.05, 3.63) is 0 Å². The lowest BCUT2D eigenvalue weighted by Gasteiger charge is -2.41. The van der Waals surface area contributed by atoms with Gasteiger partial charge in [-0.2, -0.15) is 5.26 Å². The average Bonchev–Trinajstić information content (AvgIpc) is 3.13. The highest BCUT2D eigenvalue weighted by Gasteiger charge is 2.50. The van der Waals surface area contributed by atoms with Gasteiger partial charge in [0.2, 0.25) is 5.91 Å². The molecule has 0 radical (unpaired) electrons. The minimum Gasteiger partial charge on any atom is -0.379 e. The van der Waals surface area contributed by atoms with Crippen molar-refractivity contribution in [3.8, 4) is 6.07 Å². The summed E-state index contributed by atoms with van der Waals surface area (Å²) in [6.07, 6.45) is 3.97. The van der Waals surface area contributed by atoms with Crippen molar-refractivity contribution in [2.45, 2.75) is 32.6 Å². The van der Waals surface area contributed by atoms with Gasteiger partial charge in [-0.15, -0.1) is 0 Å². The molecule has 0 aliphatic heterocycles. The van der Waals surface area contributed by atoms with Crippen LogP contribution >= 0.6 is 0 Å². The van der Waals surface area contributed by atoms with Gasteiger partial charge in [-0.25, -0.2) is 0 Å². The first kappa shape index (κ1) is 13.4. The summed E-state index contributed by atoms with van der Waals surface area (Å²) in [6.45, 7) is 4.07. The fourth-order valence-electron chi connectivity index (χ4n) is 2.65. The van der Waals surface area contributed by atoms with E-state index in [1.165, 1.54) is 12.8 Å². The molecule has 2 aliphatic rings. The first-order chi connectivity index (χ1) is 8.57. The van der Waals surface area contributed by atoms with Crippen LogP contribution in [0.2, 0.25) is 0 Å². The van der Waals surface area contributed by atoms with Crippen LogP contribution in [0.4, 0.5) is 0 Å². The Kier molecular flexibility index (Phi) is 3.91. The molecular formula is C14H22N2O2. The molecule has 0 aromatic heterocycles. The molecule has 0 N–H and O–H groups in total. The summed E-state index contributed by atoms with van der Waals surface area (Å²) in [6, 6.07) is 2.21. The number of ether oxygens (including phenoxy) is 1. The summed E-state index contributed by atoms with van der Waals surface area (Å²) < 4.78 is 5.52.